The molecule has 1 heterocycles. The molecule has 0 aromatic heterocycles. The van der Waals surface area contributed by atoms with Gasteiger partial charge in [0.25, 0.3) is 0 Å². The third-order valence-corrected chi connectivity index (χ3v) is 3.31. The van der Waals surface area contributed by atoms with Crippen LogP contribution in [0.1, 0.15) is 22.8 Å². The Morgan fingerprint density at radius 1 is 1.33 bits per heavy atom. The minimum atomic E-state index is -0.612. The molecule has 2 aromatic rings. The van der Waals surface area contributed by atoms with E-state index in [1.807, 2.05) is 6.07 Å². The van der Waals surface area contributed by atoms with Gasteiger partial charge in [0.05, 0.1) is 11.6 Å². The number of hydrogen-bond acceptors (Lipinski definition) is 4. The molecule has 21 heavy (non-hydrogen) atoms. The molecule has 0 radical (unpaired) electrons. The SMILES string of the molecule is N#Cc1ccc(F)c(COc2ccc3c(c2)OCC3O)c1. The van der Waals surface area contributed by atoms with Crippen LogP contribution in [0, 0.1) is 17.1 Å². The van der Waals surface area contributed by atoms with Gasteiger partial charge in [-0.1, -0.05) is 0 Å². The molecule has 1 N–H and O–H groups in total. The summed E-state index contributed by atoms with van der Waals surface area (Å²) >= 11 is 0. The van der Waals surface area contributed by atoms with Gasteiger partial charge in [0.2, 0.25) is 0 Å². The third-order valence-electron chi connectivity index (χ3n) is 3.31. The summed E-state index contributed by atoms with van der Waals surface area (Å²) in [7, 11) is 0. The van der Waals surface area contributed by atoms with E-state index >= 15 is 0 Å². The van der Waals surface area contributed by atoms with Crippen LogP contribution in [0.3, 0.4) is 0 Å². The number of aliphatic hydroxyl groups is 1. The number of rotatable bonds is 3. The number of hydrogen-bond donors (Lipinski definition) is 1. The van der Waals surface area contributed by atoms with E-state index in [-0.39, 0.29) is 13.2 Å². The van der Waals surface area contributed by atoms with E-state index < -0.39 is 11.9 Å². The van der Waals surface area contributed by atoms with E-state index in [2.05, 4.69) is 0 Å². The van der Waals surface area contributed by atoms with Crippen molar-refractivity contribution in [2.45, 2.75) is 12.7 Å². The number of ether oxygens (including phenoxy) is 2. The fourth-order valence-electron chi connectivity index (χ4n) is 2.18. The standard InChI is InChI=1S/C16H12FNO3/c17-14-4-1-10(7-18)5-11(14)8-20-12-2-3-13-15(19)9-21-16(13)6-12/h1-6,15,19H,8-9H2. The molecule has 4 nitrogen and oxygen atoms in total. The fraction of sp³-hybridized carbons (Fsp3) is 0.188. The van der Waals surface area contributed by atoms with Gasteiger partial charge < -0.3 is 14.6 Å². The molecule has 0 fully saturated rings. The molecule has 0 amide bonds. The Kier molecular flexibility index (Phi) is 3.46. The minimum Gasteiger partial charge on any atom is -0.490 e. The predicted molar refractivity (Wildman–Crippen MR) is 72.3 cm³/mol. The van der Waals surface area contributed by atoms with Gasteiger partial charge in [-0.05, 0) is 30.3 Å². The summed E-state index contributed by atoms with van der Waals surface area (Å²) in [6, 6.07) is 11.2. The van der Waals surface area contributed by atoms with Gasteiger partial charge in [0.1, 0.15) is 36.6 Å². The van der Waals surface area contributed by atoms with Crippen molar-refractivity contribution in [1.82, 2.24) is 0 Å². The molecular weight excluding hydrogens is 273 g/mol. The van der Waals surface area contributed by atoms with Crippen LogP contribution in [-0.2, 0) is 6.61 Å². The Hall–Kier alpha value is -2.58. The zero-order valence-corrected chi connectivity index (χ0v) is 11.0. The highest BCUT2D eigenvalue weighted by atomic mass is 19.1. The first kappa shape index (κ1) is 13.4. The number of benzene rings is 2. The molecule has 0 spiro atoms. The molecule has 106 valence electrons. The lowest BCUT2D eigenvalue weighted by molar-refractivity contribution is 0.140. The van der Waals surface area contributed by atoms with Gasteiger partial charge in [-0.3, -0.25) is 0 Å². The van der Waals surface area contributed by atoms with Gasteiger partial charge in [-0.2, -0.15) is 5.26 Å². The maximum Gasteiger partial charge on any atom is 0.129 e. The summed E-state index contributed by atoms with van der Waals surface area (Å²) in [5, 5.41) is 18.4. The average molecular weight is 285 g/mol. The zero-order chi connectivity index (χ0) is 14.8. The number of halogens is 1. The molecule has 1 aliphatic rings. The van der Waals surface area contributed by atoms with Gasteiger partial charge in [-0.25, -0.2) is 4.39 Å². The van der Waals surface area contributed by atoms with Gasteiger partial charge in [0, 0.05) is 17.2 Å². The van der Waals surface area contributed by atoms with Gasteiger partial charge >= 0.3 is 0 Å². The Bertz CT molecular complexity index is 724. The smallest absolute Gasteiger partial charge is 0.129 e. The average Bonchev–Trinajstić information content (AvgIpc) is 2.87. The van der Waals surface area contributed by atoms with Crippen molar-refractivity contribution < 1.29 is 19.0 Å². The monoisotopic (exact) mass is 285 g/mol. The van der Waals surface area contributed by atoms with Crippen LogP contribution in [0.15, 0.2) is 36.4 Å². The summed E-state index contributed by atoms with van der Waals surface area (Å²) < 4.78 is 24.5. The molecule has 0 bridgehead atoms. The summed E-state index contributed by atoms with van der Waals surface area (Å²) in [6.45, 7) is 0.250. The number of nitriles is 1. The topological polar surface area (TPSA) is 62.5 Å². The van der Waals surface area contributed by atoms with Crippen molar-refractivity contribution in [3.05, 3.63) is 58.9 Å². The molecule has 0 aliphatic carbocycles. The number of nitrogens with zero attached hydrogens (tertiary/aromatic N) is 1. The molecule has 0 saturated carbocycles. The predicted octanol–water partition coefficient (Wildman–Crippen LogP) is 2.70. The Morgan fingerprint density at radius 2 is 2.19 bits per heavy atom. The van der Waals surface area contributed by atoms with E-state index in [0.29, 0.717) is 22.6 Å². The van der Waals surface area contributed by atoms with E-state index in [1.165, 1.54) is 18.2 Å². The molecule has 1 aliphatic heterocycles. The Balaban J connectivity index is 1.75. The van der Waals surface area contributed by atoms with Crippen LogP contribution in [0.2, 0.25) is 0 Å². The first-order valence-corrected chi connectivity index (χ1v) is 6.43. The van der Waals surface area contributed by atoms with Crippen LogP contribution in [-0.4, -0.2) is 11.7 Å². The quantitative estimate of drug-likeness (QED) is 0.941. The van der Waals surface area contributed by atoms with Crippen molar-refractivity contribution in [3.63, 3.8) is 0 Å². The highest BCUT2D eigenvalue weighted by Gasteiger charge is 2.22. The second-order valence-electron chi connectivity index (χ2n) is 4.73. The molecule has 5 heteroatoms. The first-order valence-electron chi connectivity index (χ1n) is 6.43. The molecule has 1 unspecified atom stereocenters. The largest absolute Gasteiger partial charge is 0.490 e. The van der Waals surface area contributed by atoms with Crippen LogP contribution in [0.5, 0.6) is 11.5 Å². The highest BCUT2D eigenvalue weighted by molar-refractivity contribution is 5.44. The van der Waals surface area contributed by atoms with E-state index in [0.717, 1.165) is 5.56 Å². The molecule has 0 saturated heterocycles. The summed E-state index contributed by atoms with van der Waals surface area (Å²) in [4.78, 5) is 0. The second kappa shape index (κ2) is 5.43. The van der Waals surface area contributed by atoms with Crippen molar-refractivity contribution in [2.24, 2.45) is 0 Å². The molecule has 3 rings (SSSR count). The second-order valence-corrected chi connectivity index (χ2v) is 4.73. The highest BCUT2D eigenvalue weighted by Crippen LogP contribution is 2.35. The summed E-state index contributed by atoms with van der Waals surface area (Å²) in [5.41, 5.74) is 1.42. The van der Waals surface area contributed by atoms with Crippen molar-refractivity contribution in [3.8, 4) is 17.6 Å². The third kappa shape index (κ3) is 2.67. The number of fused-ring (bicyclic) bond motifs is 1. The van der Waals surface area contributed by atoms with Gasteiger partial charge in [-0.15, -0.1) is 0 Å². The minimum absolute atomic E-state index is 0.0166. The lowest BCUT2D eigenvalue weighted by atomic mass is 10.1. The van der Waals surface area contributed by atoms with Crippen LogP contribution < -0.4 is 9.47 Å². The molecule has 2 aromatic carbocycles. The van der Waals surface area contributed by atoms with E-state index in [9.17, 15) is 9.50 Å². The van der Waals surface area contributed by atoms with E-state index in [1.54, 1.807) is 18.2 Å². The normalized spacial score (nSPS) is 16.0. The van der Waals surface area contributed by atoms with Crippen LogP contribution in [0.4, 0.5) is 4.39 Å². The van der Waals surface area contributed by atoms with Crippen LogP contribution in [0.25, 0.3) is 0 Å². The molecular formula is C16H12FNO3. The van der Waals surface area contributed by atoms with Gasteiger partial charge in [0.15, 0.2) is 0 Å². The summed E-state index contributed by atoms with van der Waals surface area (Å²) in [6.07, 6.45) is -0.612. The number of aliphatic hydroxyl groups excluding tert-OH is 1. The maximum absolute atomic E-state index is 13.6. The lowest BCUT2D eigenvalue weighted by Gasteiger charge is -2.09. The fourth-order valence-corrected chi connectivity index (χ4v) is 2.18. The van der Waals surface area contributed by atoms with Crippen LogP contribution >= 0.6 is 0 Å². The van der Waals surface area contributed by atoms with Crippen molar-refractivity contribution >= 4 is 0 Å². The first-order chi connectivity index (χ1) is 10.2. The van der Waals surface area contributed by atoms with E-state index in [4.69, 9.17) is 14.7 Å². The molecule has 1 atom stereocenters. The Labute approximate surface area is 121 Å². The Morgan fingerprint density at radius 3 is 3.00 bits per heavy atom. The van der Waals surface area contributed by atoms with Crippen molar-refractivity contribution in [2.75, 3.05) is 6.61 Å². The zero-order valence-electron chi connectivity index (χ0n) is 11.0. The summed E-state index contributed by atoms with van der Waals surface area (Å²) in [5.74, 6) is 0.678. The van der Waals surface area contributed by atoms with Crippen molar-refractivity contribution in [1.29, 1.82) is 5.26 Å². The maximum atomic E-state index is 13.6. The lowest BCUT2D eigenvalue weighted by Crippen LogP contribution is -1.99.